The van der Waals surface area contributed by atoms with E-state index in [1.165, 1.54) is 0 Å². The van der Waals surface area contributed by atoms with Crippen molar-refractivity contribution in [3.05, 3.63) is 67.5 Å². The lowest BCUT2D eigenvalue weighted by atomic mass is 10.2. The largest absolute Gasteiger partial charge is 0.243 e. The second-order valence-electron chi connectivity index (χ2n) is 4.36. The molecule has 2 aromatic rings. The van der Waals surface area contributed by atoms with Crippen LogP contribution >= 0.6 is 47.8 Å². The molecule has 3 nitrogen and oxygen atoms in total. The number of nitrogens with one attached hydrogen (secondary N) is 1. The normalized spacial score (nSPS) is 12.0. The molecule has 0 bridgehead atoms. The topological polar surface area (TPSA) is 46.2 Å². The maximum atomic E-state index is 12.4. The van der Waals surface area contributed by atoms with E-state index in [0.717, 1.165) is 10.0 Å². The highest BCUT2D eigenvalue weighted by Crippen LogP contribution is 2.33. The van der Waals surface area contributed by atoms with Crippen LogP contribution in [0, 0.1) is 0 Å². The summed E-state index contributed by atoms with van der Waals surface area (Å²) < 4.78 is 29.1. The molecule has 2 rings (SSSR count). The Morgan fingerprint density at radius 3 is 2.18 bits per heavy atom. The standard InChI is InChI=1S/C15H12Br3NO2S/c16-12-9-13(17)15(14(18)10-12)22(20,21)19-8-4-7-11-5-2-1-3-6-11/h1-7,9-10,19H,8H2/b7-4+. The molecule has 0 heterocycles. The fourth-order valence-corrected chi connectivity index (χ4v) is 6.40. The molecule has 0 saturated carbocycles. The van der Waals surface area contributed by atoms with Gasteiger partial charge in [0.1, 0.15) is 4.90 Å². The van der Waals surface area contributed by atoms with Crippen LogP contribution in [-0.4, -0.2) is 15.0 Å². The molecule has 0 saturated heterocycles. The molecular formula is C15H12Br3NO2S. The van der Waals surface area contributed by atoms with Gasteiger partial charge in [-0.15, -0.1) is 0 Å². The lowest BCUT2D eigenvalue weighted by Crippen LogP contribution is -2.24. The van der Waals surface area contributed by atoms with Crippen LogP contribution in [0.4, 0.5) is 0 Å². The highest BCUT2D eigenvalue weighted by atomic mass is 79.9. The summed E-state index contributed by atoms with van der Waals surface area (Å²) in [6, 6.07) is 13.1. The van der Waals surface area contributed by atoms with E-state index in [1.807, 2.05) is 36.4 Å². The Labute approximate surface area is 155 Å². The van der Waals surface area contributed by atoms with Gasteiger partial charge in [-0.25, -0.2) is 13.1 Å². The van der Waals surface area contributed by atoms with Crippen LogP contribution in [0.25, 0.3) is 6.08 Å². The van der Waals surface area contributed by atoms with Gasteiger partial charge >= 0.3 is 0 Å². The third-order valence-electron chi connectivity index (χ3n) is 2.73. The number of benzene rings is 2. The van der Waals surface area contributed by atoms with E-state index in [1.54, 1.807) is 18.2 Å². The highest BCUT2D eigenvalue weighted by molar-refractivity contribution is 9.11. The smallest absolute Gasteiger partial charge is 0.207 e. The number of rotatable bonds is 5. The van der Waals surface area contributed by atoms with Gasteiger partial charge < -0.3 is 0 Å². The fourth-order valence-electron chi connectivity index (χ4n) is 1.77. The summed E-state index contributed by atoms with van der Waals surface area (Å²) in [5.74, 6) is 0. The number of hydrogen-bond acceptors (Lipinski definition) is 2. The molecule has 1 N–H and O–H groups in total. The molecule has 7 heteroatoms. The molecule has 0 atom stereocenters. The van der Waals surface area contributed by atoms with Gasteiger partial charge in [0.25, 0.3) is 0 Å². The molecule has 0 aliphatic rings. The van der Waals surface area contributed by atoms with Crippen LogP contribution in [-0.2, 0) is 10.0 Å². The van der Waals surface area contributed by atoms with Gasteiger partial charge in [-0.3, -0.25) is 0 Å². The Bertz CT molecular complexity index is 767. The van der Waals surface area contributed by atoms with Crippen molar-refractivity contribution in [2.75, 3.05) is 6.54 Å². The van der Waals surface area contributed by atoms with Crippen LogP contribution in [0.2, 0.25) is 0 Å². The first kappa shape index (κ1) is 17.9. The first-order valence-corrected chi connectivity index (χ1v) is 10.1. The van der Waals surface area contributed by atoms with E-state index in [4.69, 9.17) is 0 Å². The van der Waals surface area contributed by atoms with Crippen molar-refractivity contribution in [2.45, 2.75) is 4.90 Å². The summed E-state index contributed by atoms with van der Waals surface area (Å²) in [5, 5.41) is 0. The van der Waals surface area contributed by atoms with Gasteiger partial charge in [0.05, 0.1) is 0 Å². The lowest BCUT2D eigenvalue weighted by Gasteiger charge is -2.09. The van der Waals surface area contributed by atoms with Crippen molar-refractivity contribution in [2.24, 2.45) is 0 Å². The minimum absolute atomic E-state index is 0.184. The molecule has 0 fully saturated rings. The molecule has 116 valence electrons. The highest BCUT2D eigenvalue weighted by Gasteiger charge is 2.20. The third-order valence-corrected chi connectivity index (χ3v) is 6.49. The van der Waals surface area contributed by atoms with Crippen LogP contribution in [0.5, 0.6) is 0 Å². The molecular weight excluding hydrogens is 498 g/mol. The zero-order valence-electron chi connectivity index (χ0n) is 11.3. The maximum absolute atomic E-state index is 12.4. The van der Waals surface area contributed by atoms with Crippen molar-refractivity contribution < 1.29 is 8.42 Å². The number of sulfonamides is 1. The summed E-state index contributed by atoms with van der Waals surface area (Å²) in [5.41, 5.74) is 1.02. The van der Waals surface area contributed by atoms with Crippen molar-refractivity contribution in [3.63, 3.8) is 0 Å². The first-order valence-electron chi connectivity index (χ1n) is 6.26. The minimum Gasteiger partial charge on any atom is -0.207 e. The zero-order chi connectivity index (χ0) is 16.2. The van der Waals surface area contributed by atoms with Crippen molar-refractivity contribution in [1.82, 2.24) is 4.72 Å². The van der Waals surface area contributed by atoms with Crippen LogP contribution in [0.1, 0.15) is 5.56 Å². The van der Waals surface area contributed by atoms with Gasteiger partial charge in [0, 0.05) is 20.0 Å². The van der Waals surface area contributed by atoms with Crippen LogP contribution in [0.15, 0.2) is 66.9 Å². The quantitative estimate of drug-likeness (QED) is 0.619. The minimum atomic E-state index is -3.61. The van der Waals surface area contributed by atoms with Gasteiger partial charge in [-0.05, 0) is 49.6 Å². The Balaban J connectivity index is 2.11. The maximum Gasteiger partial charge on any atom is 0.243 e. The number of hydrogen-bond donors (Lipinski definition) is 1. The van der Waals surface area contributed by atoms with Gasteiger partial charge in [-0.1, -0.05) is 58.4 Å². The van der Waals surface area contributed by atoms with Crippen molar-refractivity contribution in [3.8, 4) is 0 Å². The van der Waals surface area contributed by atoms with Crippen molar-refractivity contribution >= 4 is 63.9 Å². The molecule has 0 spiro atoms. The van der Waals surface area contributed by atoms with E-state index in [0.29, 0.717) is 8.95 Å². The predicted molar refractivity (Wildman–Crippen MR) is 100 cm³/mol. The fraction of sp³-hybridized carbons (Fsp3) is 0.0667. The lowest BCUT2D eigenvalue weighted by molar-refractivity contribution is 0.584. The van der Waals surface area contributed by atoms with E-state index >= 15 is 0 Å². The summed E-state index contributed by atoms with van der Waals surface area (Å²) in [4.78, 5) is 0.184. The molecule has 2 aromatic carbocycles. The average Bonchev–Trinajstić information content (AvgIpc) is 2.43. The average molecular weight is 510 g/mol. The Morgan fingerprint density at radius 2 is 1.59 bits per heavy atom. The van der Waals surface area contributed by atoms with E-state index in [2.05, 4.69) is 52.5 Å². The molecule has 0 aliphatic carbocycles. The zero-order valence-corrected chi connectivity index (χ0v) is 16.8. The van der Waals surface area contributed by atoms with E-state index in [-0.39, 0.29) is 11.4 Å². The monoisotopic (exact) mass is 507 g/mol. The Hall–Kier alpha value is -0.470. The molecule has 0 aliphatic heterocycles. The van der Waals surface area contributed by atoms with Gasteiger partial charge in [0.15, 0.2) is 0 Å². The second-order valence-corrected chi connectivity index (χ2v) is 8.69. The van der Waals surface area contributed by atoms with Gasteiger partial charge in [0.2, 0.25) is 10.0 Å². The number of halogens is 3. The van der Waals surface area contributed by atoms with Crippen LogP contribution < -0.4 is 4.72 Å². The summed E-state index contributed by atoms with van der Waals surface area (Å²) in [7, 11) is -3.61. The summed E-state index contributed by atoms with van der Waals surface area (Å²) in [6.07, 6.45) is 3.64. The second kappa shape index (κ2) is 7.88. The summed E-state index contributed by atoms with van der Waals surface area (Å²) >= 11 is 9.88. The van der Waals surface area contributed by atoms with E-state index < -0.39 is 10.0 Å². The van der Waals surface area contributed by atoms with Crippen LogP contribution in [0.3, 0.4) is 0 Å². The molecule has 22 heavy (non-hydrogen) atoms. The summed E-state index contributed by atoms with van der Waals surface area (Å²) in [6.45, 7) is 0.214. The Morgan fingerprint density at radius 1 is 1.00 bits per heavy atom. The molecule has 0 amide bonds. The molecule has 0 radical (unpaired) electrons. The van der Waals surface area contributed by atoms with Crippen molar-refractivity contribution in [1.29, 1.82) is 0 Å². The van der Waals surface area contributed by atoms with Gasteiger partial charge in [-0.2, -0.15) is 0 Å². The SMILES string of the molecule is O=S(=O)(NC/C=C/c1ccccc1)c1c(Br)cc(Br)cc1Br. The van der Waals surface area contributed by atoms with E-state index in [9.17, 15) is 8.42 Å². The Kier molecular flexibility index (Phi) is 6.40. The first-order chi connectivity index (χ1) is 10.4. The predicted octanol–water partition coefficient (Wildman–Crippen LogP) is 4.97. The third kappa shape index (κ3) is 4.76. The molecule has 0 unspecified atom stereocenters. The molecule has 0 aromatic heterocycles.